The Bertz CT molecular complexity index is 1010. The summed E-state index contributed by atoms with van der Waals surface area (Å²) in [6.45, 7) is 0.682. The van der Waals surface area contributed by atoms with Crippen LogP contribution in [0, 0.1) is 0 Å². The minimum atomic E-state index is -0.101. The number of amides is 1. The van der Waals surface area contributed by atoms with Crippen molar-refractivity contribution in [1.29, 1.82) is 0 Å². The van der Waals surface area contributed by atoms with Gasteiger partial charge in [0, 0.05) is 28.8 Å². The van der Waals surface area contributed by atoms with E-state index in [-0.39, 0.29) is 5.91 Å². The van der Waals surface area contributed by atoms with Gasteiger partial charge in [-0.2, -0.15) is 0 Å². The summed E-state index contributed by atoms with van der Waals surface area (Å²) in [4.78, 5) is 16.0. The molecule has 0 bridgehead atoms. The fourth-order valence-electron chi connectivity index (χ4n) is 3.92. The number of hydrogen-bond acceptors (Lipinski definition) is 4. The summed E-state index contributed by atoms with van der Waals surface area (Å²) in [5.74, 6) is 1.44. The van der Waals surface area contributed by atoms with E-state index in [0.29, 0.717) is 18.0 Å². The molecule has 0 fully saturated rings. The lowest BCUT2D eigenvalue weighted by molar-refractivity contribution is 0.0979. The number of hydrogen-bond donors (Lipinski definition) is 0. The third-order valence-electron chi connectivity index (χ3n) is 5.34. The zero-order chi connectivity index (χ0) is 18.2. The second-order valence-electron chi connectivity index (χ2n) is 7.04. The summed E-state index contributed by atoms with van der Waals surface area (Å²) in [7, 11) is 0. The molecule has 0 radical (unpaired) electrons. The lowest BCUT2D eigenvalue weighted by Gasteiger charge is -2.28. The molecule has 0 spiro atoms. The third-order valence-corrected chi connectivity index (χ3v) is 6.38. The van der Waals surface area contributed by atoms with Crippen molar-refractivity contribution in [3.8, 4) is 11.3 Å². The maximum atomic E-state index is 13.0. The van der Waals surface area contributed by atoms with Crippen LogP contribution in [-0.4, -0.2) is 23.4 Å². The van der Waals surface area contributed by atoms with Gasteiger partial charge in [0.15, 0.2) is 11.5 Å². The number of para-hydroxylation sites is 1. The summed E-state index contributed by atoms with van der Waals surface area (Å²) in [6.07, 6.45) is 4.78. The van der Waals surface area contributed by atoms with Gasteiger partial charge in [0.1, 0.15) is 0 Å². The number of carbonyl (C=O) groups excluding carboxylic acids is 1. The zero-order valence-corrected chi connectivity index (χ0v) is 15.8. The van der Waals surface area contributed by atoms with Crippen molar-refractivity contribution < 1.29 is 9.32 Å². The Morgan fingerprint density at radius 1 is 1.04 bits per heavy atom. The van der Waals surface area contributed by atoms with E-state index in [1.807, 2.05) is 18.2 Å². The van der Waals surface area contributed by atoms with E-state index in [2.05, 4.69) is 29.4 Å². The van der Waals surface area contributed by atoms with Crippen LogP contribution in [0.5, 0.6) is 0 Å². The lowest BCUT2D eigenvalue weighted by Crippen LogP contribution is -2.35. The third kappa shape index (κ3) is 3.06. The molecule has 0 unspecified atom stereocenters. The van der Waals surface area contributed by atoms with E-state index < -0.39 is 0 Å². The first-order valence-corrected chi connectivity index (χ1v) is 10.4. The number of thioether (sulfide) groups is 1. The quantitative estimate of drug-likeness (QED) is 0.633. The van der Waals surface area contributed by atoms with Crippen LogP contribution in [0.15, 0.2) is 57.9 Å². The van der Waals surface area contributed by atoms with Crippen LogP contribution in [0.4, 0.5) is 5.69 Å². The van der Waals surface area contributed by atoms with Crippen molar-refractivity contribution in [2.24, 2.45) is 0 Å². The SMILES string of the molecule is O=C(c1cc(-c2ccc3c(c2)CCCC3)on1)N1CCSc2ccccc21. The Kier molecular flexibility index (Phi) is 4.24. The molecule has 27 heavy (non-hydrogen) atoms. The van der Waals surface area contributed by atoms with E-state index >= 15 is 0 Å². The molecule has 1 aliphatic heterocycles. The van der Waals surface area contributed by atoms with Crippen molar-refractivity contribution in [3.63, 3.8) is 0 Å². The number of rotatable bonds is 2. The highest BCUT2D eigenvalue weighted by atomic mass is 32.2. The van der Waals surface area contributed by atoms with E-state index in [0.717, 1.165) is 34.7 Å². The van der Waals surface area contributed by atoms with Crippen molar-refractivity contribution in [2.45, 2.75) is 30.6 Å². The monoisotopic (exact) mass is 376 g/mol. The highest BCUT2D eigenvalue weighted by molar-refractivity contribution is 7.99. The van der Waals surface area contributed by atoms with Crippen LogP contribution >= 0.6 is 11.8 Å². The molecule has 4 nitrogen and oxygen atoms in total. The summed E-state index contributed by atoms with van der Waals surface area (Å²) in [6, 6.07) is 16.2. The molecular weight excluding hydrogens is 356 g/mol. The molecule has 3 aromatic rings. The van der Waals surface area contributed by atoms with Crippen molar-refractivity contribution in [2.75, 3.05) is 17.2 Å². The van der Waals surface area contributed by atoms with Crippen LogP contribution in [0.25, 0.3) is 11.3 Å². The van der Waals surface area contributed by atoms with Crippen molar-refractivity contribution in [1.82, 2.24) is 5.16 Å². The first-order chi connectivity index (χ1) is 13.3. The Balaban J connectivity index is 1.44. The first kappa shape index (κ1) is 16.6. The normalized spacial score (nSPS) is 15.9. The fraction of sp³-hybridized carbons (Fsp3) is 0.273. The van der Waals surface area contributed by atoms with Crippen molar-refractivity contribution in [3.05, 3.63) is 65.4 Å². The van der Waals surface area contributed by atoms with Gasteiger partial charge < -0.3 is 9.42 Å². The molecule has 1 aromatic heterocycles. The number of carbonyl (C=O) groups is 1. The van der Waals surface area contributed by atoms with Crippen LogP contribution in [0.3, 0.4) is 0 Å². The zero-order valence-electron chi connectivity index (χ0n) is 15.0. The number of nitrogens with zero attached hydrogens (tertiary/aromatic N) is 2. The van der Waals surface area contributed by atoms with Gasteiger partial charge >= 0.3 is 0 Å². The van der Waals surface area contributed by atoms with E-state index in [1.165, 1.54) is 24.0 Å². The standard InChI is InChI=1S/C22H20N2O2S/c25-22(24-11-12-27-21-8-4-3-7-19(21)24)18-14-20(26-23-18)17-10-9-15-5-1-2-6-16(15)13-17/h3-4,7-10,13-14H,1-2,5-6,11-12H2. The topological polar surface area (TPSA) is 46.3 Å². The van der Waals surface area contributed by atoms with Gasteiger partial charge in [0.2, 0.25) is 0 Å². The molecule has 0 saturated heterocycles. The summed E-state index contributed by atoms with van der Waals surface area (Å²) in [5.41, 5.74) is 5.14. The van der Waals surface area contributed by atoms with Crippen LogP contribution in [0.1, 0.15) is 34.5 Å². The summed E-state index contributed by atoms with van der Waals surface area (Å²) in [5, 5.41) is 4.08. The van der Waals surface area contributed by atoms with Crippen LogP contribution in [-0.2, 0) is 12.8 Å². The highest BCUT2D eigenvalue weighted by Gasteiger charge is 2.26. The van der Waals surface area contributed by atoms with E-state index in [1.54, 1.807) is 22.7 Å². The van der Waals surface area contributed by atoms with Gasteiger partial charge in [0.25, 0.3) is 5.91 Å². The number of aryl methyl sites for hydroxylation is 2. The summed E-state index contributed by atoms with van der Waals surface area (Å²) < 4.78 is 5.54. The Morgan fingerprint density at radius 3 is 2.81 bits per heavy atom. The number of aromatic nitrogens is 1. The molecule has 0 N–H and O–H groups in total. The average Bonchev–Trinajstić information content (AvgIpc) is 3.23. The molecule has 1 aliphatic carbocycles. The van der Waals surface area contributed by atoms with Gasteiger partial charge in [-0.25, -0.2) is 0 Å². The molecule has 0 saturated carbocycles. The summed E-state index contributed by atoms with van der Waals surface area (Å²) >= 11 is 1.78. The minimum absolute atomic E-state index is 0.101. The number of anilines is 1. The van der Waals surface area contributed by atoms with E-state index in [4.69, 9.17) is 4.52 Å². The molecule has 2 aliphatic rings. The maximum Gasteiger partial charge on any atom is 0.280 e. The number of fused-ring (bicyclic) bond motifs is 2. The van der Waals surface area contributed by atoms with Gasteiger partial charge in [-0.05, 0) is 55.0 Å². The Labute approximate surface area is 162 Å². The largest absolute Gasteiger partial charge is 0.355 e. The fourth-order valence-corrected chi connectivity index (χ4v) is 4.91. The molecule has 1 amide bonds. The molecule has 5 heteroatoms. The van der Waals surface area contributed by atoms with Gasteiger partial charge in [-0.15, -0.1) is 11.8 Å². The molecule has 2 aromatic carbocycles. The molecule has 2 heterocycles. The van der Waals surface area contributed by atoms with Gasteiger partial charge in [0.05, 0.1) is 5.69 Å². The second kappa shape index (κ2) is 6.89. The van der Waals surface area contributed by atoms with Gasteiger partial charge in [-0.3, -0.25) is 4.79 Å². The van der Waals surface area contributed by atoms with Crippen LogP contribution in [0.2, 0.25) is 0 Å². The molecule has 5 rings (SSSR count). The lowest BCUT2D eigenvalue weighted by atomic mass is 9.90. The highest BCUT2D eigenvalue weighted by Crippen LogP contribution is 2.35. The smallest absolute Gasteiger partial charge is 0.280 e. The predicted octanol–water partition coefficient (Wildman–Crippen LogP) is 4.97. The maximum absolute atomic E-state index is 13.0. The number of benzene rings is 2. The Hall–Kier alpha value is -2.53. The molecule has 136 valence electrons. The van der Waals surface area contributed by atoms with Gasteiger partial charge in [-0.1, -0.05) is 29.4 Å². The predicted molar refractivity (Wildman–Crippen MR) is 107 cm³/mol. The van der Waals surface area contributed by atoms with Crippen LogP contribution < -0.4 is 4.90 Å². The average molecular weight is 376 g/mol. The molecular formula is C22H20N2O2S. The molecule has 0 atom stereocenters. The Morgan fingerprint density at radius 2 is 1.89 bits per heavy atom. The second-order valence-corrected chi connectivity index (χ2v) is 8.18. The minimum Gasteiger partial charge on any atom is -0.355 e. The first-order valence-electron chi connectivity index (χ1n) is 9.42. The van der Waals surface area contributed by atoms with Crippen molar-refractivity contribution >= 4 is 23.4 Å². The van der Waals surface area contributed by atoms with E-state index in [9.17, 15) is 4.79 Å².